The number of Topliss-reactive ketones (excluding diaryl/α,β-unsaturated/α-hetero) is 1. The maximum atomic E-state index is 11.4. The Hall–Kier alpha value is -0.710. The molecule has 0 aliphatic carbocycles. The molecular formula is C9H9ClO3S. The Bertz CT molecular complexity index is 352. The van der Waals surface area contributed by atoms with Crippen LogP contribution in [0.3, 0.4) is 0 Å². The molecule has 0 aliphatic rings. The maximum Gasteiger partial charge on any atom is 0.215 e. The van der Waals surface area contributed by atoms with E-state index in [-0.39, 0.29) is 22.8 Å². The predicted octanol–water partition coefficient (Wildman–Crippen LogP) is 1.61. The summed E-state index contributed by atoms with van der Waals surface area (Å²) in [6.07, 6.45) is 1.43. The molecule has 1 rings (SSSR count). The van der Waals surface area contributed by atoms with E-state index in [4.69, 9.17) is 11.6 Å². The number of benzene rings is 1. The third kappa shape index (κ3) is 2.90. The van der Waals surface area contributed by atoms with Crippen molar-refractivity contribution in [3.8, 4) is 5.75 Å². The zero-order valence-electron chi connectivity index (χ0n) is 7.49. The van der Waals surface area contributed by atoms with Crippen molar-refractivity contribution in [2.24, 2.45) is 0 Å². The van der Waals surface area contributed by atoms with Crippen molar-refractivity contribution in [2.45, 2.75) is 0 Å². The van der Waals surface area contributed by atoms with Crippen molar-refractivity contribution in [3.63, 3.8) is 0 Å². The van der Waals surface area contributed by atoms with Gasteiger partial charge in [-0.15, -0.1) is 0 Å². The van der Waals surface area contributed by atoms with Gasteiger partial charge in [0.15, 0.2) is 5.75 Å². The largest absolute Gasteiger partial charge is 0.616 e. The van der Waals surface area contributed by atoms with Gasteiger partial charge in [0.25, 0.3) is 0 Å². The highest BCUT2D eigenvalue weighted by Crippen LogP contribution is 2.22. The van der Waals surface area contributed by atoms with Gasteiger partial charge < -0.3 is 9.66 Å². The topological polar surface area (TPSA) is 60.4 Å². The maximum absolute atomic E-state index is 11.4. The van der Waals surface area contributed by atoms with Crippen molar-refractivity contribution in [3.05, 3.63) is 28.8 Å². The molecule has 76 valence electrons. The lowest BCUT2D eigenvalue weighted by Crippen LogP contribution is -2.14. The fourth-order valence-electron chi connectivity index (χ4n) is 0.994. The Kier molecular flexibility index (Phi) is 3.80. The second kappa shape index (κ2) is 4.68. The summed E-state index contributed by atoms with van der Waals surface area (Å²) in [6.45, 7) is 0. The first-order valence-corrected chi connectivity index (χ1v) is 5.93. The van der Waals surface area contributed by atoms with Gasteiger partial charge in [-0.2, -0.15) is 0 Å². The first kappa shape index (κ1) is 11.4. The quantitative estimate of drug-likeness (QED) is 0.636. The van der Waals surface area contributed by atoms with Gasteiger partial charge >= 0.3 is 0 Å². The van der Waals surface area contributed by atoms with Crippen LogP contribution in [0.25, 0.3) is 0 Å². The Morgan fingerprint density at radius 2 is 2.29 bits per heavy atom. The minimum Gasteiger partial charge on any atom is -0.616 e. The highest BCUT2D eigenvalue weighted by Gasteiger charge is 2.15. The molecule has 1 aromatic carbocycles. The lowest BCUT2D eigenvalue weighted by molar-refractivity contribution is 0.101. The second-order valence-corrected chi connectivity index (χ2v) is 4.67. The van der Waals surface area contributed by atoms with Crippen molar-refractivity contribution >= 4 is 28.6 Å². The van der Waals surface area contributed by atoms with Crippen LogP contribution >= 0.6 is 11.6 Å². The first-order valence-electron chi connectivity index (χ1n) is 3.82. The number of rotatable bonds is 3. The zero-order chi connectivity index (χ0) is 10.7. The molecule has 1 unspecified atom stereocenters. The van der Waals surface area contributed by atoms with Crippen molar-refractivity contribution < 1.29 is 14.5 Å². The van der Waals surface area contributed by atoms with Gasteiger partial charge in [0, 0.05) is 5.02 Å². The van der Waals surface area contributed by atoms with E-state index in [9.17, 15) is 14.5 Å². The normalized spacial score (nSPS) is 12.5. The number of phenols is 1. The van der Waals surface area contributed by atoms with E-state index < -0.39 is 11.2 Å². The zero-order valence-corrected chi connectivity index (χ0v) is 9.06. The van der Waals surface area contributed by atoms with Crippen molar-refractivity contribution in [1.82, 2.24) is 0 Å². The molecule has 0 heterocycles. The summed E-state index contributed by atoms with van der Waals surface area (Å²) < 4.78 is 10.8. The monoisotopic (exact) mass is 232 g/mol. The Balaban J connectivity index is 2.94. The lowest BCUT2D eigenvalue weighted by atomic mass is 10.1. The summed E-state index contributed by atoms with van der Waals surface area (Å²) in [7, 11) is 0. The number of ketones is 1. The number of carbonyl (C=O) groups excluding carboxylic acids is 1. The SMILES string of the molecule is C[S+]([O-])CC(=O)c1cc(Cl)ccc1O. The van der Waals surface area contributed by atoms with Crippen molar-refractivity contribution in [1.29, 1.82) is 0 Å². The summed E-state index contributed by atoms with van der Waals surface area (Å²) in [5.41, 5.74) is 0.118. The first-order chi connectivity index (χ1) is 6.50. The number of carbonyl (C=O) groups is 1. The fourth-order valence-corrected chi connectivity index (χ4v) is 1.69. The van der Waals surface area contributed by atoms with Gasteiger partial charge in [0.1, 0.15) is 5.75 Å². The van der Waals surface area contributed by atoms with Crippen LogP contribution in [-0.2, 0) is 11.2 Å². The number of halogens is 1. The molecule has 0 spiro atoms. The Morgan fingerprint density at radius 3 is 2.86 bits per heavy atom. The van der Waals surface area contributed by atoms with Crippen LogP contribution in [0.5, 0.6) is 5.75 Å². The van der Waals surface area contributed by atoms with Gasteiger partial charge in [-0.3, -0.25) is 4.79 Å². The smallest absolute Gasteiger partial charge is 0.215 e. The summed E-state index contributed by atoms with van der Waals surface area (Å²) in [5.74, 6) is -0.607. The van der Waals surface area contributed by atoms with Gasteiger partial charge in [0.2, 0.25) is 5.78 Å². The second-order valence-electron chi connectivity index (χ2n) is 2.80. The molecule has 0 aromatic heterocycles. The van der Waals surface area contributed by atoms with Gasteiger partial charge in [-0.25, -0.2) is 0 Å². The molecule has 0 saturated carbocycles. The minimum atomic E-state index is -1.21. The molecule has 0 aliphatic heterocycles. The number of hydrogen-bond acceptors (Lipinski definition) is 3. The summed E-state index contributed by atoms with van der Waals surface area (Å²) in [4.78, 5) is 11.4. The van der Waals surface area contributed by atoms with Gasteiger partial charge in [-0.05, 0) is 29.4 Å². The average Bonchev–Trinajstić information content (AvgIpc) is 2.08. The Morgan fingerprint density at radius 1 is 1.64 bits per heavy atom. The molecular weight excluding hydrogens is 224 g/mol. The van der Waals surface area contributed by atoms with Crippen LogP contribution < -0.4 is 0 Å². The van der Waals surface area contributed by atoms with Crippen molar-refractivity contribution in [2.75, 3.05) is 12.0 Å². The standard InChI is InChI=1S/C9H9ClO3S/c1-14(13)5-9(12)7-4-6(10)2-3-8(7)11/h2-4,11H,5H2,1H3. The lowest BCUT2D eigenvalue weighted by Gasteiger charge is -2.05. The van der Waals surface area contributed by atoms with E-state index in [2.05, 4.69) is 0 Å². The van der Waals surface area contributed by atoms with Crippen LogP contribution in [0.15, 0.2) is 18.2 Å². The van der Waals surface area contributed by atoms with Crippen LogP contribution in [0.2, 0.25) is 5.02 Å². The number of hydrogen-bond donors (Lipinski definition) is 1. The number of aromatic hydroxyl groups is 1. The van der Waals surface area contributed by atoms with E-state index in [1.54, 1.807) is 0 Å². The highest BCUT2D eigenvalue weighted by molar-refractivity contribution is 7.91. The van der Waals surface area contributed by atoms with Crippen LogP contribution in [0.4, 0.5) is 0 Å². The summed E-state index contributed by atoms with van der Waals surface area (Å²) in [5, 5.41) is 9.71. The van der Waals surface area contributed by atoms with Crippen LogP contribution in [0.1, 0.15) is 10.4 Å². The molecule has 5 heteroatoms. The van der Waals surface area contributed by atoms with E-state index in [0.29, 0.717) is 5.02 Å². The molecule has 3 nitrogen and oxygen atoms in total. The van der Waals surface area contributed by atoms with Gasteiger partial charge in [0.05, 0.1) is 11.8 Å². The van der Waals surface area contributed by atoms with Gasteiger partial charge in [-0.1, -0.05) is 11.6 Å². The van der Waals surface area contributed by atoms with E-state index in [0.717, 1.165) is 0 Å². The fraction of sp³-hybridized carbons (Fsp3) is 0.222. The minimum absolute atomic E-state index is 0.103. The van der Waals surface area contributed by atoms with E-state index >= 15 is 0 Å². The molecule has 1 N–H and O–H groups in total. The summed E-state index contributed by atoms with van der Waals surface area (Å²) in [6, 6.07) is 4.19. The molecule has 0 radical (unpaired) electrons. The molecule has 1 atom stereocenters. The van der Waals surface area contributed by atoms with Crippen LogP contribution in [0, 0.1) is 0 Å². The predicted molar refractivity (Wildman–Crippen MR) is 56.4 cm³/mol. The van der Waals surface area contributed by atoms with E-state index in [1.165, 1.54) is 24.5 Å². The molecule has 0 fully saturated rings. The third-order valence-electron chi connectivity index (χ3n) is 1.59. The highest BCUT2D eigenvalue weighted by atomic mass is 35.5. The summed E-state index contributed by atoms with van der Waals surface area (Å²) >= 11 is 4.44. The third-order valence-corrected chi connectivity index (χ3v) is 2.50. The van der Waals surface area contributed by atoms with E-state index in [1.807, 2.05) is 0 Å². The molecule has 0 saturated heterocycles. The molecule has 0 amide bonds. The molecule has 1 aromatic rings. The van der Waals surface area contributed by atoms with Crippen LogP contribution in [-0.4, -0.2) is 27.5 Å². The molecule has 14 heavy (non-hydrogen) atoms. The molecule has 0 bridgehead atoms. The Labute approximate surface area is 89.9 Å². The number of phenolic OH excluding ortho intramolecular Hbond substituents is 1. The average molecular weight is 233 g/mol.